The third-order valence-electron chi connectivity index (χ3n) is 1.62. The van der Waals surface area contributed by atoms with Gasteiger partial charge in [0, 0.05) is 11.4 Å². The lowest BCUT2D eigenvalue weighted by molar-refractivity contribution is 0.982. The highest BCUT2D eigenvalue weighted by atomic mass is 14.8. The fourth-order valence-electron chi connectivity index (χ4n) is 1.05. The van der Waals surface area contributed by atoms with Crippen molar-refractivity contribution in [1.29, 1.82) is 0 Å². The maximum Gasteiger partial charge on any atom is 0.0332 e. The van der Waals surface area contributed by atoms with E-state index in [9.17, 15) is 0 Å². The molecule has 1 nitrogen and oxygen atoms in total. The Balaban J connectivity index is 0.000000354. The first-order chi connectivity index (χ1) is 5.74. The van der Waals surface area contributed by atoms with Crippen LogP contribution in [0.3, 0.4) is 0 Å². The van der Waals surface area contributed by atoms with Gasteiger partial charge in [0.1, 0.15) is 0 Å². The second-order valence-electron chi connectivity index (χ2n) is 3.12. The summed E-state index contributed by atoms with van der Waals surface area (Å²) in [6.07, 6.45) is 6.93. The smallest absolute Gasteiger partial charge is 0.0332 e. The molecule has 1 aliphatic heterocycles. The molecule has 0 N–H and O–H groups in total. The zero-order valence-electron chi connectivity index (χ0n) is 8.85. The normalized spacial score (nSPS) is 15.7. The van der Waals surface area contributed by atoms with Crippen LogP contribution >= 0.6 is 0 Å². The monoisotopic (exact) mass is 167 g/mol. The Morgan fingerprint density at radius 3 is 2.25 bits per heavy atom. The van der Waals surface area contributed by atoms with Crippen molar-refractivity contribution < 1.29 is 0 Å². The van der Waals surface area contributed by atoms with E-state index in [1.54, 1.807) is 0 Å². The number of hydrogen-bond donors (Lipinski definition) is 0. The van der Waals surface area contributed by atoms with E-state index >= 15 is 0 Å². The van der Waals surface area contributed by atoms with Crippen LogP contribution in [0.25, 0.3) is 0 Å². The maximum absolute atomic E-state index is 4.38. The van der Waals surface area contributed by atoms with Gasteiger partial charge in [0.05, 0.1) is 0 Å². The Hall–Kier alpha value is -0.590. The lowest BCUT2D eigenvalue weighted by Gasteiger charge is -2.06. The lowest BCUT2D eigenvalue weighted by atomic mass is 10.1. The first-order valence-electron chi connectivity index (χ1n) is 4.97. The number of hydrogen-bond acceptors (Lipinski definition) is 1. The molecule has 0 saturated heterocycles. The molecule has 0 spiro atoms. The minimum absolute atomic E-state index is 1.12. The van der Waals surface area contributed by atoms with Gasteiger partial charge in [-0.15, -0.1) is 0 Å². The van der Waals surface area contributed by atoms with E-state index in [0.29, 0.717) is 0 Å². The number of aliphatic imine (C=N–C) groups is 1. The van der Waals surface area contributed by atoms with Crippen molar-refractivity contribution in [2.75, 3.05) is 0 Å². The van der Waals surface area contributed by atoms with Crippen molar-refractivity contribution in [2.24, 2.45) is 4.99 Å². The van der Waals surface area contributed by atoms with Gasteiger partial charge in [-0.2, -0.15) is 0 Å². The fraction of sp³-hybridized carbons (Fsp3) is 0.727. The summed E-state index contributed by atoms with van der Waals surface area (Å²) in [4.78, 5) is 4.38. The van der Waals surface area contributed by atoms with Gasteiger partial charge in [0.25, 0.3) is 0 Å². The molecule has 1 heteroatoms. The summed E-state index contributed by atoms with van der Waals surface area (Å²) in [6, 6.07) is 0. The summed E-state index contributed by atoms with van der Waals surface area (Å²) in [5.41, 5.74) is 2.55. The first kappa shape index (κ1) is 11.4. The second kappa shape index (κ2) is 7.08. The molecule has 0 radical (unpaired) electrons. The van der Waals surface area contributed by atoms with Gasteiger partial charge in [-0.1, -0.05) is 33.3 Å². The van der Waals surface area contributed by atoms with Crippen molar-refractivity contribution in [1.82, 2.24) is 0 Å². The highest BCUT2D eigenvalue weighted by molar-refractivity contribution is 5.85. The minimum atomic E-state index is 1.12. The Morgan fingerprint density at radius 1 is 1.33 bits per heavy atom. The molecule has 0 aromatic rings. The summed E-state index contributed by atoms with van der Waals surface area (Å²) < 4.78 is 0. The Morgan fingerprint density at radius 2 is 1.92 bits per heavy atom. The highest BCUT2D eigenvalue weighted by Gasteiger charge is 2.00. The average molecular weight is 167 g/mol. The molecular weight excluding hydrogens is 146 g/mol. The topological polar surface area (TPSA) is 12.4 Å². The van der Waals surface area contributed by atoms with Gasteiger partial charge in [-0.05, 0) is 26.2 Å². The summed E-state index contributed by atoms with van der Waals surface area (Å²) >= 11 is 0. The average Bonchev–Trinajstić information content (AvgIpc) is 2.06. The Kier molecular flexibility index (Phi) is 6.73. The van der Waals surface area contributed by atoms with Crippen molar-refractivity contribution in [3.63, 3.8) is 0 Å². The molecule has 70 valence electrons. The van der Waals surface area contributed by atoms with Gasteiger partial charge < -0.3 is 0 Å². The predicted octanol–water partition coefficient (Wildman–Crippen LogP) is 3.95. The molecule has 1 rings (SSSR count). The number of allylic oxidation sites excluding steroid dienone is 2. The second-order valence-corrected chi connectivity index (χ2v) is 3.12. The van der Waals surface area contributed by atoms with Gasteiger partial charge >= 0.3 is 0 Å². The summed E-state index contributed by atoms with van der Waals surface area (Å²) in [5, 5.41) is 0. The van der Waals surface area contributed by atoms with E-state index in [-0.39, 0.29) is 0 Å². The zero-order chi connectivity index (χ0) is 9.40. The largest absolute Gasteiger partial charge is 0.263 e. The molecule has 12 heavy (non-hydrogen) atoms. The van der Waals surface area contributed by atoms with Crippen molar-refractivity contribution in [3.8, 4) is 0 Å². The van der Waals surface area contributed by atoms with E-state index in [1.807, 2.05) is 0 Å². The molecular formula is C11H21N. The van der Waals surface area contributed by atoms with Crippen LogP contribution in [0, 0.1) is 0 Å². The van der Waals surface area contributed by atoms with Crippen LogP contribution in [0.2, 0.25) is 0 Å². The molecule has 0 atom stereocenters. The van der Waals surface area contributed by atoms with E-state index in [2.05, 4.69) is 38.8 Å². The zero-order valence-corrected chi connectivity index (χ0v) is 8.85. The van der Waals surface area contributed by atoms with Crippen LogP contribution in [0.5, 0.6) is 0 Å². The third-order valence-corrected chi connectivity index (χ3v) is 1.62. The van der Waals surface area contributed by atoms with Gasteiger partial charge in [-0.25, -0.2) is 0 Å². The Bertz CT molecular complexity index is 166. The van der Waals surface area contributed by atoms with Crippen LogP contribution < -0.4 is 0 Å². The van der Waals surface area contributed by atoms with Gasteiger partial charge in [0.2, 0.25) is 0 Å². The molecule has 0 aromatic carbocycles. The molecule has 0 fully saturated rings. The quantitative estimate of drug-likeness (QED) is 0.560. The summed E-state index contributed by atoms with van der Waals surface area (Å²) in [6.45, 7) is 8.48. The van der Waals surface area contributed by atoms with Crippen LogP contribution in [0.15, 0.2) is 16.8 Å². The number of rotatable bonds is 1. The van der Waals surface area contributed by atoms with Crippen molar-refractivity contribution >= 4 is 5.71 Å². The molecule has 1 heterocycles. The molecule has 1 aliphatic rings. The fourth-order valence-corrected chi connectivity index (χ4v) is 1.05. The Labute approximate surface area is 76.6 Å². The van der Waals surface area contributed by atoms with Crippen molar-refractivity contribution in [3.05, 3.63) is 11.8 Å². The predicted molar refractivity (Wildman–Crippen MR) is 56.7 cm³/mol. The highest BCUT2D eigenvalue weighted by Crippen LogP contribution is 2.10. The van der Waals surface area contributed by atoms with Crippen molar-refractivity contribution in [2.45, 2.75) is 53.4 Å². The standard InChI is InChI=1S/C8H13N.C3H8/c1-3-8-6-4-5-7(2)9-8;1-3-2/h5H,3-4,6H2,1-2H3;3H2,1-2H3. The van der Waals surface area contributed by atoms with E-state index in [1.165, 1.54) is 30.7 Å². The van der Waals surface area contributed by atoms with Crippen LogP contribution in [-0.4, -0.2) is 5.71 Å². The van der Waals surface area contributed by atoms with Crippen LogP contribution in [0.4, 0.5) is 0 Å². The molecule has 0 aliphatic carbocycles. The SMILES string of the molecule is CCC.CCC1=NC(C)=CCC1. The molecule has 0 aromatic heterocycles. The lowest BCUT2D eigenvalue weighted by Crippen LogP contribution is -1.99. The van der Waals surface area contributed by atoms with E-state index in [4.69, 9.17) is 0 Å². The van der Waals surface area contributed by atoms with E-state index in [0.717, 1.165) is 6.42 Å². The minimum Gasteiger partial charge on any atom is -0.263 e. The third kappa shape index (κ3) is 5.11. The molecule has 0 bridgehead atoms. The molecule has 0 saturated carbocycles. The van der Waals surface area contributed by atoms with Crippen LogP contribution in [0.1, 0.15) is 53.4 Å². The van der Waals surface area contributed by atoms with Gasteiger partial charge in [0.15, 0.2) is 0 Å². The summed E-state index contributed by atoms with van der Waals surface area (Å²) in [5.74, 6) is 0. The maximum atomic E-state index is 4.38. The van der Waals surface area contributed by atoms with Gasteiger partial charge in [-0.3, -0.25) is 4.99 Å². The summed E-state index contributed by atoms with van der Waals surface area (Å²) in [7, 11) is 0. The molecule has 0 amide bonds. The molecule has 0 unspecified atom stereocenters. The first-order valence-corrected chi connectivity index (χ1v) is 4.97. The number of nitrogens with zero attached hydrogens (tertiary/aromatic N) is 1. The van der Waals surface area contributed by atoms with E-state index < -0.39 is 0 Å². The van der Waals surface area contributed by atoms with Crippen LogP contribution in [-0.2, 0) is 0 Å².